The van der Waals surface area contributed by atoms with Gasteiger partial charge in [0.05, 0.1) is 32.5 Å². The molecule has 0 aromatic heterocycles. The molecule has 12 bridgehead atoms. The predicted octanol–water partition coefficient (Wildman–Crippen LogP) is 20.7. The number of carbonyl (C=O) groups is 10. The van der Waals surface area contributed by atoms with Gasteiger partial charge in [0.25, 0.3) is 0 Å². The van der Waals surface area contributed by atoms with E-state index in [-0.39, 0.29) is 58.6 Å². The van der Waals surface area contributed by atoms with Gasteiger partial charge in [0.2, 0.25) is 0 Å². The maximum absolute atomic E-state index is 13.4. The van der Waals surface area contributed by atoms with Crippen molar-refractivity contribution in [2.24, 2.45) is 0 Å². The summed E-state index contributed by atoms with van der Waals surface area (Å²) >= 11 is 0. The van der Waals surface area contributed by atoms with E-state index in [4.69, 9.17) is 0 Å². The van der Waals surface area contributed by atoms with Crippen LogP contribution in [-0.2, 0) is 61.3 Å². The average molecular weight is 1650 g/mol. The smallest absolute Gasteiger partial charge is 0.194 e. The van der Waals surface area contributed by atoms with Crippen molar-refractivity contribution in [2.45, 2.75) is 68.0 Å². The fourth-order valence-electron chi connectivity index (χ4n) is 25.5. The molecule has 608 valence electrons. The highest BCUT2D eigenvalue weighted by atomic mass is 16.2. The van der Waals surface area contributed by atoms with E-state index in [9.17, 15) is 47.9 Å². The summed E-state index contributed by atoms with van der Waals surface area (Å²) in [6.07, 6.45) is 6.99. The maximum Gasteiger partial charge on any atom is 0.194 e. The molecule has 0 radical (unpaired) electrons. The fourth-order valence-corrected chi connectivity index (χ4v) is 25.5. The molecule has 0 N–H and O–H groups in total. The van der Waals surface area contributed by atoms with Crippen molar-refractivity contribution in [3.05, 3.63) is 566 Å². The number of hydrogen-bond donors (Lipinski definition) is 0. The molecule has 0 spiro atoms. The Labute approximate surface area is 738 Å². The lowest BCUT2D eigenvalue weighted by atomic mass is 9.43. The van der Waals surface area contributed by atoms with Crippen molar-refractivity contribution < 1.29 is 47.9 Å². The zero-order valence-corrected chi connectivity index (χ0v) is 69.0. The first-order valence-electron chi connectivity index (χ1n) is 43.4. The molecule has 0 atom stereocenters. The summed E-state index contributed by atoms with van der Waals surface area (Å²) in [6.45, 7) is 0. The quantitative estimate of drug-likeness (QED) is 0.146. The van der Waals surface area contributed by atoms with Crippen molar-refractivity contribution in [2.75, 3.05) is 0 Å². The van der Waals surface area contributed by atoms with Crippen LogP contribution in [0.3, 0.4) is 0 Å². The second-order valence-corrected chi connectivity index (χ2v) is 35.1. The molecule has 0 amide bonds. The highest BCUT2D eigenvalue weighted by Crippen LogP contribution is 2.71. The summed E-state index contributed by atoms with van der Waals surface area (Å²) in [5, 5.41) is 0. The van der Waals surface area contributed by atoms with Crippen molar-refractivity contribution in [3.8, 4) is 0 Å². The molecule has 20 aliphatic rings. The van der Waals surface area contributed by atoms with Gasteiger partial charge in [-0.25, -0.2) is 0 Å². The lowest BCUT2D eigenvalue weighted by Gasteiger charge is -2.57. The van der Waals surface area contributed by atoms with Crippen LogP contribution in [0.15, 0.2) is 388 Å². The van der Waals surface area contributed by atoms with Crippen LogP contribution in [0.5, 0.6) is 0 Å². The molecular formula is C118H76O10. The van der Waals surface area contributed by atoms with Crippen LogP contribution < -0.4 is 0 Å². The molecule has 16 aromatic carbocycles. The van der Waals surface area contributed by atoms with Crippen LogP contribution in [0.25, 0.3) is 0 Å². The second kappa shape index (κ2) is 28.9. The van der Waals surface area contributed by atoms with Crippen LogP contribution in [0.2, 0.25) is 0 Å². The molecular weight excluding hydrogens is 1580 g/mol. The monoisotopic (exact) mass is 1650 g/mol. The molecule has 0 saturated heterocycles. The Balaban J connectivity index is 0.0000000943. The van der Waals surface area contributed by atoms with Crippen molar-refractivity contribution in [1.29, 1.82) is 0 Å². The van der Waals surface area contributed by atoms with E-state index in [0.717, 1.165) is 134 Å². The summed E-state index contributed by atoms with van der Waals surface area (Å²) < 4.78 is 0. The maximum atomic E-state index is 13.4. The summed E-state index contributed by atoms with van der Waals surface area (Å²) in [5.41, 5.74) is 24.2. The molecule has 0 saturated carbocycles. The van der Waals surface area contributed by atoms with Crippen molar-refractivity contribution in [3.63, 3.8) is 0 Å². The van der Waals surface area contributed by atoms with E-state index >= 15 is 0 Å². The molecule has 0 fully saturated rings. The first-order chi connectivity index (χ1) is 62.9. The van der Waals surface area contributed by atoms with Gasteiger partial charge in [-0.15, -0.1) is 0 Å². The Bertz CT molecular complexity index is 6090. The lowest BCUT2D eigenvalue weighted by Crippen LogP contribution is -2.54. The number of carbonyl (C=O) groups excluding carboxylic acids is 10. The third-order valence-corrected chi connectivity index (χ3v) is 30.1. The van der Waals surface area contributed by atoms with E-state index < -0.39 is 32.5 Å². The van der Waals surface area contributed by atoms with Gasteiger partial charge in [-0.3, -0.25) is 19.2 Å². The Morgan fingerprint density at radius 2 is 0.219 bits per heavy atom. The van der Waals surface area contributed by atoms with Crippen LogP contribution in [0.4, 0.5) is 0 Å². The largest absolute Gasteiger partial charge is 0.302 e. The summed E-state index contributed by atoms with van der Waals surface area (Å²) in [7, 11) is 0. The summed E-state index contributed by atoms with van der Waals surface area (Å²) in [5.74, 6) is -1.48. The van der Waals surface area contributed by atoms with Crippen LogP contribution >= 0.6 is 0 Å². The van der Waals surface area contributed by atoms with Gasteiger partial charge >= 0.3 is 0 Å². The number of benzene rings is 16. The third-order valence-electron chi connectivity index (χ3n) is 30.1. The Morgan fingerprint density at radius 1 is 0.133 bits per heavy atom. The summed E-state index contributed by atoms with van der Waals surface area (Å²) in [4.78, 5) is 129. The van der Waals surface area contributed by atoms with Gasteiger partial charge in [0.1, 0.15) is 37.7 Å². The Kier molecular flexibility index (Phi) is 17.4. The molecule has 36 rings (SSSR count). The number of fused-ring (bicyclic) bond motifs is 4. The summed E-state index contributed by atoms with van der Waals surface area (Å²) in [6, 6.07) is 127. The second-order valence-electron chi connectivity index (χ2n) is 35.1. The van der Waals surface area contributed by atoms with Crippen LogP contribution in [0, 0.1) is 0 Å². The van der Waals surface area contributed by atoms with Crippen LogP contribution in [0.1, 0.15) is 233 Å². The molecule has 0 heterocycles. The molecule has 10 nitrogen and oxygen atoms in total. The van der Waals surface area contributed by atoms with Crippen LogP contribution in [-0.4, -0.2) is 60.8 Å². The average Bonchev–Trinajstić information content (AvgIpc) is 0.665. The number of aldehydes is 6. The van der Waals surface area contributed by atoms with E-state index in [2.05, 4.69) is 146 Å². The van der Waals surface area contributed by atoms with Gasteiger partial charge in [-0.2, -0.15) is 0 Å². The minimum absolute atomic E-state index is 0.0641. The highest BCUT2D eigenvalue weighted by molar-refractivity contribution is 6.29. The first-order valence-corrected chi connectivity index (χ1v) is 43.4. The van der Waals surface area contributed by atoms with E-state index in [1.54, 1.807) is 97.1 Å². The minimum Gasteiger partial charge on any atom is -0.302 e. The topological polar surface area (TPSA) is 171 Å². The van der Waals surface area contributed by atoms with Gasteiger partial charge in [0, 0.05) is 80.0 Å². The zero-order chi connectivity index (χ0) is 86.7. The number of ketones is 4. The standard InChI is InChI=1S/3C30H20O2.2C14H8O2/c3*31-17-29-23-13-5-1-9-19(23)27(20-10-2-6-14-24(20)29)30(18-32)25-15-7-3-11-21(25)28(29)22-12-4-8-16-26(22)30;2*15-13-9-5-1-2-6-10(9)14(16)12-8-4-3-7-11(12)13/h3*1-18,27-28H;2*1-8H. The molecule has 128 heavy (non-hydrogen) atoms. The first kappa shape index (κ1) is 77.1. The zero-order valence-electron chi connectivity index (χ0n) is 69.0. The molecule has 16 aromatic rings. The Hall–Kier alpha value is -15.8. The normalized spacial score (nSPS) is 24.2. The molecule has 20 aliphatic carbocycles. The van der Waals surface area contributed by atoms with Gasteiger partial charge < -0.3 is 28.8 Å². The molecule has 10 heteroatoms. The third kappa shape index (κ3) is 9.80. The molecule has 0 aliphatic heterocycles. The predicted molar refractivity (Wildman–Crippen MR) is 489 cm³/mol. The van der Waals surface area contributed by atoms with E-state index in [1.165, 1.54) is 37.7 Å². The minimum atomic E-state index is -0.856. The highest BCUT2D eigenvalue weighted by Gasteiger charge is 2.67. The lowest BCUT2D eigenvalue weighted by molar-refractivity contribution is -0.114. The van der Waals surface area contributed by atoms with Crippen molar-refractivity contribution >= 4 is 60.8 Å². The molecule has 0 unspecified atom stereocenters. The number of hydrogen-bond acceptors (Lipinski definition) is 10. The van der Waals surface area contributed by atoms with E-state index in [0.29, 0.717) is 44.5 Å². The number of rotatable bonds is 6. The van der Waals surface area contributed by atoms with Crippen molar-refractivity contribution in [1.82, 2.24) is 0 Å². The van der Waals surface area contributed by atoms with Gasteiger partial charge in [0.15, 0.2) is 23.1 Å². The van der Waals surface area contributed by atoms with Gasteiger partial charge in [-0.05, 0) is 134 Å². The van der Waals surface area contributed by atoms with Gasteiger partial charge in [-0.1, -0.05) is 388 Å². The SMILES string of the molecule is O=C1c2ccccc2C(=O)c2ccccc21.O=C1c2ccccc2C(=O)c2ccccc21.O=CC12c3ccccc3C(c3ccccc31)C1(C=O)c3ccccc3C2c2ccccc21.O=CC12c3ccccc3C(c3ccccc31)C1(C=O)c3ccccc3C2c2ccccc21.O=CC12c3ccccc3C(c3ccccc31)C1(C=O)c3ccccc3C2c2ccccc21. The fraction of sp³-hybridized carbons (Fsp3) is 0.102. The Morgan fingerprint density at radius 3 is 0.312 bits per heavy atom. The van der Waals surface area contributed by atoms with E-state index in [1.807, 2.05) is 146 Å².